The van der Waals surface area contributed by atoms with Crippen molar-refractivity contribution in [3.8, 4) is 23.3 Å². The van der Waals surface area contributed by atoms with Gasteiger partial charge in [-0.3, -0.25) is 9.36 Å². The van der Waals surface area contributed by atoms with Crippen LogP contribution in [0.1, 0.15) is 32.7 Å². The second-order valence-corrected chi connectivity index (χ2v) is 6.88. The Labute approximate surface area is 173 Å². The Kier molecular flexibility index (Phi) is 4.60. The van der Waals surface area contributed by atoms with Gasteiger partial charge in [0.25, 0.3) is 5.91 Å². The number of aromatic hydroxyl groups is 1. The number of fused-ring (bicyclic) bond motifs is 1. The van der Waals surface area contributed by atoms with Crippen LogP contribution in [0.25, 0.3) is 16.9 Å². The third-order valence-corrected chi connectivity index (χ3v) is 4.88. The van der Waals surface area contributed by atoms with Gasteiger partial charge in [-0.25, -0.2) is 9.97 Å². The zero-order chi connectivity index (χ0) is 21.4. The van der Waals surface area contributed by atoms with Crippen LogP contribution in [0.4, 0.5) is 5.82 Å². The van der Waals surface area contributed by atoms with Gasteiger partial charge in [0.1, 0.15) is 28.3 Å². The number of carbonyl (C=O) groups excluding carboxylic acids is 1. The van der Waals surface area contributed by atoms with Crippen molar-refractivity contribution < 1.29 is 9.90 Å². The molecule has 0 aliphatic heterocycles. The highest BCUT2D eigenvalue weighted by atomic mass is 16.3. The maximum absolute atomic E-state index is 12.1. The third-order valence-electron chi connectivity index (χ3n) is 4.88. The third kappa shape index (κ3) is 3.10. The lowest BCUT2D eigenvalue weighted by Gasteiger charge is -2.15. The average molecular weight is 397 g/mol. The maximum atomic E-state index is 12.1. The van der Waals surface area contributed by atoms with E-state index in [0.717, 1.165) is 11.1 Å². The van der Waals surface area contributed by atoms with Crippen molar-refractivity contribution >= 4 is 22.9 Å². The van der Waals surface area contributed by atoms with Gasteiger partial charge in [-0.05, 0) is 43.5 Å². The summed E-state index contributed by atoms with van der Waals surface area (Å²) >= 11 is 0. The van der Waals surface area contributed by atoms with Gasteiger partial charge in [0, 0.05) is 11.1 Å². The van der Waals surface area contributed by atoms with Crippen LogP contribution in [0.5, 0.6) is 5.75 Å². The fourth-order valence-corrected chi connectivity index (χ4v) is 3.41. The number of anilines is 1. The number of nitrogen functional groups attached to an aromatic ring is 1. The van der Waals surface area contributed by atoms with E-state index >= 15 is 0 Å². The van der Waals surface area contributed by atoms with Crippen molar-refractivity contribution in [1.82, 2.24) is 14.5 Å². The Morgan fingerprint density at radius 3 is 2.53 bits per heavy atom. The molecule has 0 saturated heterocycles. The van der Waals surface area contributed by atoms with Gasteiger partial charge in [0.2, 0.25) is 0 Å². The Morgan fingerprint density at radius 2 is 1.83 bits per heavy atom. The van der Waals surface area contributed by atoms with E-state index in [1.807, 2.05) is 37.3 Å². The summed E-state index contributed by atoms with van der Waals surface area (Å²) in [4.78, 5) is 21.1. The van der Waals surface area contributed by atoms with E-state index < -0.39 is 5.91 Å². The number of aryl methyl sites for hydroxylation is 1. The monoisotopic (exact) mass is 397 g/mol. The first-order valence-corrected chi connectivity index (χ1v) is 9.21. The Morgan fingerprint density at radius 1 is 1.10 bits per heavy atom. The molecule has 0 fully saturated rings. The molecular formula is C23H19N5O2. The number of hydrogen-bond donors (Lipinski definition) is 3. The zero-order valence-corrected chi connectivity index (χ0v) is 16.5. The smallest absolute Gasteiger partial charge is 0.254 e. The largest absolute Gasteiger partial charge is 0.508 e. The van der Waals surface area contributed by atoms with Crippen molar-refractivity contribution in [2.45, 2.75) is 13.8 Å². The Balaban J connectivity index is 2.01. The molecule has 0 unspecified atom stereocenters. The van der Waals surface area contributed by atoms with E-state index in [1.54, 1.807) is 23.6 Å². The molecule has 0 bridgehead atoms. The van der Waals surface area contributed by atoms with Crippen molar-refractivity contribution in [3.63, 3.8) is 0 Å². The summed E-state index contributed by atoms with van der Waals surface area (Å²) in [5.74, 6) is 5.53. The molecule has 0 aliphatic rings. The van der Waals surface area contributed by atoms with Crippen LogP contribution in [-0.2, 0) is 0 Å². The maximum Gasteiger partial charge on any atom is 0.254 e. The summed E-state index contributed by atoms with van der Waals surface area (Å²) in [5.41, 5.74) is 15.9. The molecule has 0 saturated carbocycles. The first-order chi connectivity index (χ1) is 14.4. The van der Waals surface area contributed by atoms with Crippen LogP contribution in [0.2, 0.25) is 0 Å². The molecule has 4 aromatic rings. The molecule has 0 atom stereocenters. The van der Waals surface area contributed by atoms with Crippen molar-refractivity contribution in [2.24, 2.45) is 5.73 Å². The number of phenols is 1. The highest BCUT2D eigenvalue weighted by molar-refractivity contribution is 6.09. The average Bonchev–Trinajstić information content (AvgIpc) is 3.02. The summed E-state index contributed by atoms with van der Waals surface area (Å²) in [6.45, 7) is 3.64. The number of carbonyl (C=O) groups is 1. The molecular weight excluding hydrogens is 378 g/mol. The minimum atomic E-state index is -0.705. The normalized spacial score (nSPS) is 10.6. The summed E-state index contributed by atoms with van der Waals surface area (Å²) in [7, 11) is 0. The lowest BCUT2D eigenvalue weighted by molar-refractivity contribution is 0.100. The molecule has 2 heterocycles. The highest BCUT2D eigenvalue weighted by Gasteiger charge is 2.24. The Hall–Kier alpha value is -4.31. The van der Waals surface area contributed by atoms with Gasteiger partial charge in [-0.2, -0.15) is 0 Å². The summed E-state index contributed by atoms with van der Waals surface area (Å²) in [5, 5.41) is 10.2. The van der Waals surface area contributed by atoms with Gasteiger partial charge in [-0.1, -0.05) is 30.2 Å². The van der Waals surface area contributed by atoms with Crippen molar-refractivity contribution in [3.05, 3.63) is 76.6 Å². The molecule has 7 heteroatoms. The van der Waals surface area contributed by atoms with Gasteiger partial charge in [-0.15, -0.1) is 0 Å². The number of amides is 1. The summed E-state index contributed by atoms with van der Waals surface area (Å²) < 4.78 is 1.60. The lowest BCUT2D eigenvalue weighted by atomic mass is 10.1. The molecule has 2 aromatic carbocycles. The molecule has 7 nitrogen and oxygen atoms in total. The standard InChI is InChI=1S/C23H19N5O2/c1-13-8-11-17(29)14(2)20(13)28-21(24)18(22(25)30)19-23(28)27-16(12-26-19)10-9-15-6-4-3-5-7-15/h3-8,11-12,29H,24H2,1-2H3,(H2,25,30). The molecule has 148 valence electrons. The van der Waals surface area contributed by atoms with E-state index in [9.17, 15) is 9.90 Å². The van der Waals surface area contributed by atoms with E-state index in [1.165, 1.54) is 6.20 Å². The van der Waals surface area contributed by atoms with Crippen molar-refractivity contribution in [1.29, 1.82) is 0 Å². The molecule has 5 N–H and O–H groups in total. The number of aromatic nitrogens is 3. The number of benzene rings is 2. The number of phenolic OH excluding ortho intramolecular Hbond substituents is 1. The second kappa shape index (κ2) is 7.26. The fraction of sp³-hybridized carbons (Fsp3) is 0.0870. The molecule has 0 radical (unpaired) electrons. The molecule has 4 rings (SSSR count). The molecule has 0 aliphatic carbocycles. The quantitative estimate of drug-likeness (QED) is 0.449. The van der Waals surface area contributed by atoms with E-state index in [4.69, 9.17) is 11.5 Å². The van der Waals surface area contributed by atoms with Crippen LogP contribution >= 0.6 is 0 Å². The number of hydrogen-bond acceptors (Lipinski definition) is 5. The topological polar surface area (TPSA) is 120 Å². The van der Waals surface area contributed by atoms with Crippen LogP contribution < -0.4 is 11.5 Å². The number of rotatable bonds is 2. The Bertz CT molecular complexity index is 1360. The minimum Gasteiger partial charge on any atom is -0.508 e. The first-order valence-electron chi connectivity index (χ1n) is 9.21. The second-order valence-electron chi connectivity index (χ2n) is 6.88. The lowest BCUT2D eigenvalue weighted by Crippen LogP contribution is -2.14. The van der Waals surface area contributed by atoms with Gasteiger partial charge < -0.3 is 16.6 Å². The van der Waals surface area contributed by atoms with Gasteiger partial charge in [0.15, 0.2) is 5.65 Å². The van der Waals surface area contributed by atoms with E-state index in [0.29, 0.717) is 22.6 Å². The van der Waals surface area contributed by atoms with Gasteiger partial charge in [0.05, 0.1) is 11.9 Å². The van der Waals surface area contributed by atoms with Gasteiger partial charge >= 0.3 is 0 Å². The van der Waals surface area contributed by atoms with Crippen LogP contribution in [0.15, 0.2) is 48.7 Å². The van der Waals surface area contributed by atoms with Crippen LogP contribution in [0, 0.1) is 25.7 Å². The zero-order valence-electron chi connectivity index (χ0n) is 16.5. The molecule has 1 amide bonds. The minimum absolute atomic E-state index is 0.0854. The predicted molar refractivity (Wildman–Crippen MR) is 115 cm³/mol. The molecule has 30 heavy (non-hydrogen) atoms. The number of nitrogens with zero attached hydrogens (tertiary/aromatic N) is 3. The molecule has 0 spiro atoms. The van der Waals surface area contributed by atoms with E-state index in [2.05, 4.69) is 21.8 Å². The number of primary amides is 1. The predicted octanol–water partition coefficient (Wildman–Crippen LogP) is 2.82. The van der Waals surface area contributed by atoms with Crippen LogP contribution in [-0.4, -0.2) is 25.5 Å². The SMILES string of the molecule is Cc1ccc(O)c(C)c1-n1c(N)c(C(N)=O)c2ncc(C#Cc3ccccc3)nc21. The summed E-state index contributed by atoms with van der Waals surface area (Å²) in [6.07, 6.45) is 1.48. The highest BCUT2D eigenvalue weighted by Crippen LogP contribution is 2.34. The van der Waals surface area contributed by atoms with Crippen LogP contribution in [0.3, 0.4) is 0 Å². The summed E-state index contributed by atoms with van der Waals surface area (Å²) in [6, 6.07) is 12.9. The molecule has 2 aromatic heterocycles. The number of nitrogens with two attached hydrogens (primary N) is 2. The van der Waals surface area contributed by atoms with Crippen molar-refractivity contribution in [2.75, 3.05) is 5.73 Å². The van der Waals surface area contributed by atoms with E-state index in [-0.39, 0.29) is 22.6 Å². The first kappa shape index (κ1) is 19.0. The fourth-order valence-electron chi connectivity index (χ4n) is 3.41.